The van der Waals surface area contributed by atoms with Gasteiger partial charge in [0.25, 0.3) is 0 Å². The topological polar surface area (TPSA) is 75.3 Å². The third-order valence-corrected chi connectivity index (χ3v) is 4.07. The van der Waals surface area contributed by atoms with Gasteiger partial charge in [0.15, 0.2) is 0 Å². The van der Waals surface area contributed by atoms with Crippen LogP contribution < -0.4 is 11.1 Å². The average molecular weight is 384 g/mol. The molecule has 0 aliphatic rings. The molecule has 0 radical (unpaired) electrons. The van der Waals surface area contributed by atoms with Crippen molar-refractivity contribution >= 4 is 39.2 Å². The standard InChI is InChI=1S/C16H16BrClN2O2/c17-11-5-6-15(13(8-11)16(21)22)20-9-12(19)7-10-3-1-2-4-14(10)18/h1-6,8,12,20H,7,9,19H2,(H,21,22). The van der Waals surface area contributed by atoms with Crippen molar-refractivity contribution in [2.24, 2.45) is 5.73 Å². The average Bonchev–Trinajstić information content (AvgIpc) is 2.48. The first kappa shape index (κ1) is 16.8. The van der Waals surface area contributed by atoms with E-state index in [1.165, 1.54) is 0 Å². The molecule has 0 spiro atoms. The van der Waals surface area contributed by atoms with E-state index in [9.17, 15) is 9.90 Å². The molecular formula is C16H16BrClN2O2. The molecule has 2 aromatic rings. The van der Waals surface area contributed by atoms with Gasteiger partial charge in [0.2, 0.25) is 0 Å². The molecule has 0 aromatic heterocycles. The number of nitrogens with one attached hydrogen (secondary N) is 1. The number of hydrogen-bond donors (Lipinski definition) is 3. The number of carbonyl (C=O) groups is 1. The van der Waals surface area contributed by atoms with Gasteiger partial charge in [0, 0.05) is 27.8 Å². The quantitative estimate of drug-likeness (QED) is 0.709. The zero-order valence-electron chi connectivity index (χ0n) is 11.7. The van der Waals surface area contributed by atoms with Crippen molar-refractivity contribution in [2.45, 2.75) is 12.5 Å². The van der Waals surface area contributed by atoms with Gasteiger partial charge in [-0.05, 0) is 36.2 Å². The Balaban J connectivity index is 2.01. The van der Waals surface area contributed by atoms with Gasteiger partial charge in [-0.2, -0.15) is 0 Å². The van der Waals surface area contributed by atoms with E-state index in [1.54, 1.807) is 18.2 Å². The Morgan fingerprint density at radius 1 is 1.32 bits per heavy atom. The van der Waals surface area contributed by atoms with E-state index in [4.69, 9.17) is 17.3 Å². The molecule has 4 nitrogen and oxygen atoms in total. The smallest absolute Gasteiger partial charge is 0.337 e. The second-order valence-corrected chi connectivity index (χ2v) is 6.25. The summed E-state index contributed by atoms with van der Waals surface area (Å²) in [5.41, 5.74) is 7.83. The zero-order valence-corrected chi connectivity index (χ0v) is 14.1. The first-order valence-electron chi connectivity index (χ1n) is 6.73. The van der Waals surface area contributed by atoms with E-state index < -0.39 is 5.97 Å². The summed E-state index contributed by atoms with van der Waals surface area (Å²) in [4.78, 5) is 11.2. The minimum Gasteiger partial charge on any atom is -0.478 e. The van der Waals surface area contributed by atoms with Crippen LogP contribution in [0.1, 0.15) is 15.9 Å². The molecule has 0 fully saturated rings. The minimum absolute atomic E-state index is 0.176. The summed E-state index contributed by atoms with van der Waals surface area (Å²) in [6.45, 7) is 0.452. The Hall–Kier alpha value is -1.56. The van der Waals surface area contributed by atoms with E-state index in [-0.39, 0.29) is 11.6 Å². The number of carboxylic acids is 1. The summed E-state index contributed by atoms with van der Waals surface area (Å²) >= 11 is 9.38. The Morgan fingerprint density at radius 3 is 2.73 bits per heavy atom. The van der Waals surface area contributed by atoms with Gasteiger partial charge < -0.3 is 16.2 Å². The number of carboxylic acid groups (broad SMARTS) is 1. The first-order valence-corrected chi connectivity index (χ1v) is 7.90. The lowest BCUT2D eigenvalue weighted by Gasteiger charge is -2.16. The van der Waals surface area contributed by atoms with E-state index in [1.807, 2.05) is 24.3 Å². The molecule has 0 aliphatic carbocycles. The molecule has 2 aromatic carbocycles. The molecule has 6 heteroatoms. The molecule has 0 bridgehead atoms. The summed E-state index contributed by atoms with van der Waals surface area (Å²) in [5.74, 6) is -0.983. The molecule has 0 aliphatic heterocycles. The van der Waals surface area contributed by atoms with Crippen LogP contribution in [0.4, 0.5) is 5.69 Å². The van der Waals surface area contributed by atoms with Crippen molar-refractivity contribution in [2.75, 3.05) is 11.9 Å². The molecule has 1 atom stereocenters. The van der Waals surface area contributed by atoms with Gasteiger partial charge in [-0.25, -0.2) is 4.79 Å². The highest BCUT2D eigenvalue weighted by molar-refractivity contribution is 9.10. The van der Waals surface area contributed by atoms with E-state index in [0.29, 0.717) is 23.7 Å². The van der Waals surface area contributed by atoms with Crippen molar-refractivity contribution in [3.05, 3.63) is 63.1 Å². The SMILES string of the molecule is NC(CNc1ccc(Br)cc1C(=O)O)Cc1ccccc1Cl. The van der Waals surface area contributed by atoms with Crippen LogP contribution in [0.3, 0.4) is 0 Å². The number of anilines is 1. The maximum Gasteiger partial charge on any atom is 0.337 e. The lowest BCUT2D eigenvalue weighted by molar-refractivity contribution is 0.0698. The first-order chi connectivity index (χ1) is 10.5. The number of hydrogen-bond acceptors (Lipinski definition) is 3. The maximum absolute atomic E-state index is 11.2. The molecule has 22 heavy (non-hydrogen) atoms. The molecule has 0 amide bonds. The second kappa shape index (κ2) is 7.63. The van der Waals surface area contributed by atoms with E-state index in [0.717, 1.165) is 10.0 Å². The van der Waals surface area contributed by atoms with Crippen LogP contribution in [0.5, 0.6) is 0 Å². The molecule has 0 saturated carbocycles. The zero-order chi connectivity index (χ0) is 16.1. The monoisotopic (exact) mass is 382 g/mol. The Kier molecular flexibility index (Phi) is 5.83. The van der Waals surface area contributed by atoms with Gasteiger partial charge in [-0.15, -0.1) is 0 Å². The van der Waals surface area contributed by atoms with Crippen molar-refractivity contribution in [1.82, 2.24) is 0 Å². The van der Waals surface area contributed by atoms with Crippen molar-refractivity contribution in [3.8, 4) is 0 Å². The predicted molar refractivity (Wildman–Crippen MR) is 92.7 cm³/mol. The highest BCUT2D eigenvalue weighted by Crippen LogP contribution is 2.21. The molecule has 2 rings (SSSR count). The fraction of sp³-hybridized carbons (Fsp3) is 0.188. The van der Waals surface area contributed by atoms with Crippen LogP contribution in [-0.4, -0.2) is 23.7 Å². The van der Waals surface area contributed by atoms with E-state index in [2.05, 4.69) is 21.2 Å². The Morgan fingerprint density at radius 2 is 2.05 bits per heavy atom. The molecule has 116 valence electrons. The van der Waals surface area contributed by atoms with Crippen LogP contribution in [0.25, 0.3) is 0 Å². The van der Waals surface area contributed by atoms with Crippen molar-refractivity contribution in [3.63, 3.8) is 0 Å². The van der Waals surface area contributed by atoms with Gasteiger partial charge in [0.05, 0.1) is 5.56 Å². The Labute approximate surface area is 142 Å². The van der Waals surface area contributed by atoms with Gasteiger partial charge in [0.1, 0.15) is 0 Å². The molecular weight excluding hydrogens is 368 g/mol. The molecule has 0 heterocycles. The lowest BCUT2D eigenvalue weighted by atomic mass is 10.1. The minimum atomic E-state index is -0.983. The number of nitrogens with two attached hydrogens (primary N) is 1. The van der Waals surface area contributed by atoms with Gasteiger partial charge in [-0.3, -0.25) is 0 Å². The van der Waals surface area contributed by atoms with E-state index >= 15 is 0 Å². The van der Waals surface area contributed by atoms with Gasteiger partial charge in [-0.1, -0.05) is 45.7 Å². The molecule has 0 saturated heterocycles. The van der Waals surface area contributed by atoms with Crippen LogP contribution in [0.2, 0.25) is 5.02 Å². The van der Waals surface area contributed by atoms with Crippen molar-refractivity contribution in [1.29, 1.82) is 0 Å². The Bertz CT molecular complexity index is 679. The van der Waals surface area contributed by atoms with Crippen LogP contribution in [-0.2, 0) is 6.42 Å². The fourth-order valence-corrected chi connectivity index (χ4v) is 2.68. The largest absolute Gasteiger partial charge is 0.478 e. The van der Waals surface area contributed by atoms with Crippen LogP contribution in [0, 0.1) is 0 Å². The fourth-order valence-electron chi connectivity index (χ4n) is 2.11. The lowest BCUT2D eigenvalue weighted by Crippen LogP contribution is -2.31. The summed E-state index contributed by atoms with van der Waals surface area (Å²) in [7, 11) is 0. The highest BCUT2D eigenvalue weighted by atomic mass is 79.9. The number of aromatic carboxylic acids is 1. The second-order valence-electron chi connectivity index (χ2n) is 4.93. The van der Waals surface area contributed by atoms with Gasteiger partial charge >= 0.3 is 5.97 Å². The van der Waals surface area contributed by atoms with Crippen LogP contribution in [0.15, 0.2) is 46.9 Å². The van der Waals surface area contributed by atoms with Crippen molar-refractivity contribution < 1.29 is 9.90 Å². The number of halogens is 2. The summed E-state index contributed by atoms with van der Waals surface area (Å²) < 4.78 is 0.718. The third-order valence-electron chi connectivity index (χ3n) is 3.21. The highest BCUT2D eigenvalue weighted by Gasteiger charge is 2.12. The number of benzene rings is 2. The predicted octanol–water partition coefficient (Wildman–Crippen LogP) is 3.78. The third kappa shape index (κ3) is 4.47. The maximum atomic E-state index is 11.2. The molecule has 4 N–H and O–H groups in total. The van der Waals surface area contributed by atoms with Crippen LogP contribution >= 0.6 is 27.5 Å². The normalized spacial score (nSPS) is 12.0. The molecule has 1 unspecified atom stereocenters. The summed E-state index contributed by atoms with van der Waals surface area (Å²) in [5, 5.41) is 13.0. The number of rotatable bonds is 6. The summed E-state index contributed by atoms with van der Waals surface area (Å²) in [6, 6.07) is 12.4. The summed E-state index contributed by atoms with van der Waals surface area (Å²) in [6.07, 6.45) is 0.617.